The van der Waals surface area contributed by atoms with E-state index in [0.717, 1.165) is 11.1 Å². The predicted molar refractivity (Wildman–Crippen MR) is 48.6 cm³/mol. The molecule has 0 amide bonds. The van der Waals surface area contributed by atoms with Gasteiger partial charge in [-0.3, -0.25) is 0 Å². The third-order valence-corrected chi connectivity index (χ3v) is 1.36. The summed E-state index contributed by atoms with van der Waals surface area (Å²) in [4.78, 5) is 0. The van der Waals surface area contributed by atoms with E-state index in [-0.39, 0.29) is 27.3 Å². The van der Waals surface area contributed by atoms with Crippen molar-refractivity contribution < 1.29 is 5.11 Å². The topological polar surface area (TPSA) is 20.2 Å². The molecule has 0 atom stereocenters. The molecular weight excluding hydrogens is 331 g/mol. The Labute approximate surface area is 86.9 Å². The molecule has 0 spiro atoms. The van der Waals surface area contributed by atoms with Gasteiger partial charge in [0.25, 0.3) is 0 Å². The molecule has 4 radical (unpaired) electrons. The second-order valence-corrected chi connectivity index (χ2v) is 2.30. The van der Waals surface area contributed by atoms with Crippen molar-refractivity contribution in [3.8, 4) is 5.75 Å². The minimum absolute atomic E-state index is 0. The average molecular weight is 341 g/mol. The van der Waals surface area contributed by atoms with Gasteiger partial charge in [-0.2, -0.15) is 0 Å². The molecule has 1 rings (SSSR count). The van der Waals surface area contributed by atoms with Crippen molar-refractivity contribution in [2.75, 3.05) is 0 Å². The van der Waals surface area contributed by atoms with Crippen LogP contribution in [0.3, 0.4) is 0 Å². The first-order valence-electron chi connectivity index (χ1n) is 3.15. The Bertz CT molecular complexity index is 255. The second-order valence-electron chi connectivity index (χ2n) is 2.30. The summed E-state index contributed by atoms with van der Waals surface area (Å²) in [6.07, 6.45) is 0. The van der Waals surface area contributed by atoms with Gasteiger partial charge in [0.1, 0.15) is 5.75 Å². The fourth-order valence-electron chi connectivity index (χ4n) is 0.835. The zero-order valence-electron chi connectivity index (χ0n) is 6.46. The van der Waals surface area contributed by atoms with Crippen molar-refractivity contribution in [3.05, 3.63) is 36.4 Å². The molecule has 0 unspecified atom stereocenters. The monoisotopic (exact) mass is 342 g/mol. The number of phenols is 1. The first-order chi connectivity index (χ1) is 4.72. The molecule has 11 heavy (non-hydrogen) atoms. The van der Waals surface area contributed by atoms with E-state index in [1.165, 1.54) is 0 Å². The smallest absolute Gasteiger partial charge is 0.123 e. The predicted octanol–water partition coefficient (Wildman–Crippen LogP) is 2.04. The average Bonchev–Trinajstić information content (AvgIpc) is 1.88. The van der Waals surface area contributed by atoms with Gasteiger partial charge in [-0.25, -0.2) is 0 Å². The van der Waals surface area contributed by atoms with Crippen LogP contribution < -0.4 is 0 Å². The van der Waals surface area contributed by atoms with Gasteiger partial charge in [-0.05, 0) is 18.6 Å². The summed E-state index contributed by atoms with van der Waals surface area (Å²) in [6, 6.07) is 7.17. The number of rotatable bonds is 1. The summed E-state index contributed by atoms with van der Waals surface area (Å²) < 4.78 is 0. The van der Waals surface area contributed by atoms with Crippen LogP contribution in [0.5, 0.6) is 5.75 Å². The van der Waals surface area contributed by atoms with Crippen molar-refractivity contribution in [1.29, 1.82) is 0 Å². The van der Waals surface area contributed by atoms with E-state index in [4.69, 9.17) is 0 Å². The summed E-state index contributed by atoms with van der Waals surface area (Å²) in [5, 5.41) is 9.22. The molecule has 0 heterocycles. The minimum atomic E-state index is 0. The Kier molecular flexibility index (Phi) is 4.41. The minimum Gasteiger partial charge on any atom is -0.507 e. The third kappa shape index (κ3) is 2.65. The van der Waals surface area contributed by atoms with E-state index >= 15 is 0 Å². The molecule has 1 aromatic carbocycles. The van der Waals surface area contributed by atoms with Crippen molar-refractivity contribution in [2.24, 2.45) is 0 Å². The second kappa shape index (κ2) is 4.54. The van der Waals surface area contributed by atoms with E-state index in [1.54, 1.807) is 12.1 Å². The number of hydrogen-bond donors (Lipinski definition) is 1. The van der Waals surface area contributed by atoms with Gasteiger partial charge in [0.05, 0.1) is 0 Å². The number of allylic oxidation sites excluding steroid dienone is 1. The van der Waals surface area contributed by atoms with Gasteiger partial charge in [0.2, 0.25) is 0 Å². The Morgan fingerprint density at radius 3 is 2.27 bits per heavy atom. The molecular formula is C9H10OPb. The van der Waals surface area contributed by atoms with Gasteiger partial charge in [0, 0.05) is 32.9 Å². The van der Waals surface area contributed by atoms with Gasteiger partial charge in [-0.15, -0.1) is 0 Å². The first-order valence-corrected chi connectivity index (χ1v) is 3.15. The van der Waals surface area contributed by atoms with Crippen molar-refractivity contribution in [3.63, 3.8) is 0 Å². The van der Waals surface area contributed by atoms with Crippen molar-refractivity contribution >= 4 is 32.9 Å². The molecule has 56 valence electrons. The van der Waals surface area contributed by atoms with Crippen molar-refractivity contribution in [1.82, 2.24) is 0 Å². The largest absolute Gasteiger partial charge is 0.507 e. The summed E-state index contributed by atoms with van der Waals surface area (Å²) in [5.41, 5.74) is 1.71. The molecule has 1 aromatic rings. The normalized spacial score (nSPS) is 8.45. The molecule has 0 aromatic heterocycles. The third-order valence-electron chi connectivity index (χ3n) is 1.36. The zero-order valence-corrected chi connectivity index (χ0v) is 10.4. The van der Waals surface area contributed by atoms with Crippen LogP contribution in [-0.4, -0.2) is 32.4 Å². The summed E-state index contributed by atoms with van der Waals surface area (Å²) in [5.74, 6) is 0.301. The molecule has 0 aliphatic carbocycles. The van der Waals surface area contributed by atoms with Crippen LogP contribution in [-0.2, 0) is 0 Å². The summed E-state index contributed by atoms with van der Waals surface area (Å²) >= 11 is 0. The summed E-state index contributed by atoms with van der Waals surface area (Å²) in [6.45, 7) is 5.60. The van der Waals surface area contributed by atoms with E-state index in [1.807, 2.05) is 19.1 Å². The van der Waals surface area contributed by atoms with Crippen LogP contribution in [0.1, 0.15) is 12.5 Å². The van der Waals surface area contributed by atoms with Gasteiger partial charge in [-0.1, -0.05) is 24.8 Å². The molecule has 1 nitrogen and oxygen atoms in total. The molecule has 1 N–H and O–H groups in total. The number of hydrogen-bond acceptors (Lipinski definition) is 1. The van der Waals surface area contributed by atoms with E-state index in [2.05, 4.69) is 6.58 Å². The number of phenolic OH excluding ortho intramolecular Hbond substituents is 1. The Morgan fingerprint density at radius 1 is 1.36 bits per heavy atom. The van der Waals surface area contributed by atoms with Gasteiger partial charge < -0.3 is 5.11 Å². The maximum absolute atomic E-state index is 9.22. The SMILES string of the molecule is C=C(C)c1ccccc1O.[Pb]. The van der Waals surface area contributed by atoms with Crippen LogP contribution in [0, 0.1) is 0 Å². The first kappa shape index (κ1) is 10.7. The molecule has 2 heteroatoms. The number of para-hydroxylation sites is 1. The van der Waals surface area contributed by atoms with Crippen LogP contribution in [0.25, 0.3) is 5.57 Å². The van der Waals surface area contributed by atoms with E-state index in [9.17, 15) is 5.11 Å². The molecule has 0 saturated carbocycles. The number of aromatic hydroxyl groups is 1. The van der Waals surface area contributed by atoms with Gasteiger partial charge in [0.15, 0.2) is 0 Å². The van der Waals surface area contributed by atoms with Crippen LogP contribution >= 0.6 is 0 Å². The Morgan fingerprint density at radius 2 is 1.91 bits per heavy atom. The fourth-order valence-corrected chi connectivity index (χ4v) is 0.835. The molecule has 0 aliphatic rings. The van der Waals surface area contributed by atoms with Crippen LogP contribution in [0.4, 0.5) is 0 Å². The molecule has 0 aliphatic heterocycles. The fraction of sp³-hybridized carbons (Fsp3) is 0.111. The van der Waals surface area contributed by atoms with Gasteiger partial charge >= 0.3 is 0 Å². The summed E-state index contributed by atoms with van der Waals surface area (Å²) in [7, 11) is 0. The van der Waals surface area contributed by atoms with Crippen LogP contribution in [0.2, 0.25) is 0 Å². The Hall–Kier alpha value is -0.318. The maximum Gasteiger partial charge on any atom is 0.123 e. The zero-order chi connectivity index (χ0) is 7.56. The standard InChI is InChI=1S/C9H10O.Pb/c1-7(2)8-5-3-4-6-9(8)10;/h3-6,10H,1H2,2H3;. The Balaban J connectivity index is 0.000001000. The maximum atomic E-state index is 9.22. The molecule has 0 fully saturated rings. The van der Waals surface area contributed by atoms with Crippen LogP contribution in [0.15, 0.2) is 30.8 Å². The quantitative estimate of drug-likeness (QED) is 0.775. The van der Waals surface area contributed by atoms with Crippen molar-refractivity contribution in [2.45, 2.75) is 6.92 Å². The molecule has 0 bridgehead atoms. The van der Waals surface area contributed by atoms with E-state index in [0.29, 0.717) is 5.75 Å². The number of benzene rings is 1. The van der Waals surface area contributed by atoms with E-state index < -0.39 is 0 Å². The molecule has 0 saturated heterocycles.